The van der Waals surface area contributed by atoms with E-state index in [2.05, 4.69) is 9.72 Å². The van der Waals surface area contributed by atoms with Crippen molar-refractivity contribution in [3.05, 3.63) is 10.6 Å². The summed E-state index contributed by atoms with van der Waals surface area (Å²) in [6, 6.07) is 0. The fraction of sp³-hybridized carbons (Fsp3) is 0.556. The number of thiazole rings is 1. The number of methoxy groups -OCH3 is 1. The number of sulfone groups is 1. The summed E-state index contributed by atoms with van der Waals surface area (Å²) >= 11 is 0.875. The third-order valence-corrected chi connectivity index (χ3v) is 5.30. The fourth-order valence-corrected chi connectivity index (χ4v) is 3.49. The summed E-state index contributed by atoms with van der Waals surface area (Å²) in [6.07, 6.45) is 0.500. The lowest BCUT2D eigenvalue weighted by atomic mass is 10.3. The van der Waals surface area contributed by atoms with Crippen LogP contribution in [0.5, 0.6) is 0 Å². The van der Waals surface area contributed by atoms with Gasteiger partial charge in [0.1, 0.15) is 4.88 Å². The third-order valence-electron chi connectivity index (χ3n) is 2.03. The molecule has 1 aromatic heterocycles. The van der Waals surface area contributed by atoms with Crippen molar-refractivity contribution in [3.63, 3.8) is 0 Å². The second kappa shape index (κ2) is 4.92. The van der Waals surface area contributed by atoms with Crippen LogP contribution in [0.4, 0.5) is 0 Å². The van der Waals surface area contributed by atoms with Gasteiger partial charge in [0.2, 0.25) is 14.2 Å². The highest BCUT2D eigenvalue weighted by molar-refractivity contribution is 7.93. The molecule has 0 aliphatic heterocycles. The van der Waals surface area contributed by atoms with Gasteiger partial charge in [0, 0.05) is 0 Å². The van der Waals surface area contributed by atoms with E-state index in [9.17, 15) is 13.2 Å². The first-order valence-corrected chi connectivity index (χ1v) is 7.23. The van der Waals surface area contributed by atoms with Crippen molar-refractivity contribution >= 4 is 27.1 Å². The van der Waals surface area contributed by atoms with Crippen molar-refractivity contribution in [1.82, 2.24) is 4.98 Å². The number of hydrogen-bond acceptors (Lipinski definition) is 6. The minimum absolute atomic E-state index is 0.00718. The van der Waals surface area contributed by atoms with Gasteiger partial charge in [-0.2, -0.15) is 0 Å². The molecule has 0 aliphatic carbocycles. The topological polar surface area (TPSA) is 73.3 Å². The van der Waals surface area contributed by atoms with Gasteiger partial charge in [0.25, 0.3) is 0 Å². The van der Waals surface area contributed by atoms with Crippen LogP contribution in [-0.4, -0.2) is 32.2 Å². The highest BCUT2D eigenvalue weighted by Gasteiger charge is 2.23. The largest absolute Gasteiger partial charge is 0.465 e. The molecule has 7 heteroatoms. The minimum atomic E-state index is -3.35. The Balaban J connectivity index is 3.28. The molecule has 5 nitrogen and oxygen atoms in total. The van der Waals surface area contributed by atoms with E-state index in [1.165, 1.54) is 7.11 Å². The highest BCUT2D eigenvalue weighted by Crippen LogP contribution is 2.24. The molecule has 0 amide bonds. The number of esters is 1. The summed E-state index contributed by atoms with van der Waals surface area (Å²) in [6.45, 7) is 3.35. The number of rotatable bonds is 4. The van der Waals surface area contributed by atoms with Crippen LogP contribution < -0.4 is 0 Å². The Bertz CT molecular complexity index is 490. The number of aromatic nitrogens is 1. The van der Waals surface area contributed by atoms with Gasteiger partial charge in [-0.05, 0) is 6.42 Å². The molecule has 0 N–H and O–H groups in total. The van der Waals surface area contributed by atoms with Crippen LogP contribution in [0.15, 0.2) is 4.34 Å². The molecule has 90 valence electrons. The van der Waals surface area contributed by atoms with Gasteiger partial charge in [-0.3, -0.25) is 0 Å². The molecule has 0 aromatic carbocycles. The number of nitrogens with zero attached hydrogens (tertiary/aromatic N) is 1. The standard InChI is InChI=1S/C9H13NO4S2/c1-4-6-7(8(11)14-3)15-9(10-6)16(12,13)5-2/h4-5H2,1-3H3. The molecule has 1 rings (SSSR count). The molecule has 0 radical (unpaired) electrons. The molecule has 0 fully saturated rings. The van der Waals surface area contributed by atoms with Gasteiger partial charge >= 0.3 is 5.97 Å². The van der Waals surface area contributed by atoms with Crippen LogP contribution in [0.3, 0.4) is 0 Å². The fourth-order valence-electron chi connectivity index (χ4n) is 1.08. The Kier molecular flexibility index (Phi) is 4.03. The summed E-state index contributed by atoms with van der Waals surface area (Å²) in [5, 5.41) is 0. The Morgan fingerprint density at radius 1 is 1.44 bits per heavy atom. The van der Waals surface area contributed by atoms with Crippen molar-refractivity contribution < 1.29 is 17.9 Å². The summed E-state index contributed by atoms with van der Waals surface area (Å²) in [7, 11) is -2.09. The number of carbonyl (C=O) groups is 1. The van der Waals surface area contributed by atoms with Gasteiger partial charge in [0.05, 0.1) is 18.6 Å². The van der Waals surface area contributed by atoms with Gasteiger partial charge in [0.15, 0.2) is 0 Å². The smallest absolute Gasteiger partial charge is 0.350 e. The summed E-state index contributed by atoms with van der Waals surface area (Å²) in [5.74, 6) is -0.559. The summed E-state index contributed by atoms with van der Waals surface area (Å²) in [5.41, 5.74) is 0.476. The van der Waals surface area contributed by atoms with Crippen molar-refractivity contribution in [3.8, 4) is 0 Å². The zero-order valence-electron chi connectivity index (χ0n) is 9.31. The molecule has 16 heavy (non-hydrogen) atoms. The zero-order valence-corrected chi connectivity index (χ0v) is 10.9. The van der Waals surface area contributed by atoms with E-state index >= 15 is 0 Å². The third kappa shape index (κ3) is 2.41. The Morgan fingerprint density at radius 3 is 2.50 bits per heavy atom. The maximum absolute atomic E-state index is 11.6. The highest BCUT2D eigenvalue weighted by atomic mass is 32.2. The van der Waals surface area contributed by atoms with Crippen LogP contribution in [0.25, 0.3) is 0 Å². The Hall–Kier alpha value is -0.950. The second-order valence-corrected chi connectivity index (χ2v) is 6.46. The average Bonchev–Trinajstić information content (AvgIpc) is 2.72. The molecule has 1 heterocycles. The Labute approximate surface area is 98.4 Å². The molecule has 0 spiro atoms. The lowest BCUT2D eigenvalue weighted by molar-refractivity contribution is 0.0605. The molecule has 0 atom stereocenters. The van der Waals surface area contributed by atoms with E-state index in [-0.39, 0.29) is 15.0 Å². The molecular weight excluding hydrogens is 250 g/mol. The van der Waals surface area contributed by atoms with Gasteiger partial charge in [-0.1, -0.05) is 25.2 Å². The van der Waals surface area contributed by atoms with E-state index in [1.807, 2.05) is 6.92 Å². The molecule has 0 saturated carbocycles. The molecular formula is C9H13NO4S2. The minimum Gasteiger partial charge on any atom is -0.465 e. The SMILES string of the molecule is CCc1nc(S(=O)(=O)CC)sc1C(=O)OC. The van der Waals surface area contributed by atoms with Crippen LogP contribution >= 0.6 is 11.3 Å². The normalized spacial score (nSPS) is 11.4. The van der Waals surface area contributed by atoms with E-state index in [1.54, 1.807) is 6.92 Å². The first kappa shape index (κ1) is 13.1. The molecule has 0 bridgehead atoms. The first-order chi connectivity index (χ1) is 7.46. The van der Waals surface area contributed by atoms with Gasteiger partial charge < -0.3 is 4.74 Å². The maximum Gasteiger partial charge on any atom is 0.350 e. The van der Waals surface area contributed by atoms with Gasteiger partial charge in [-0.25, -0.2) is 18.2 Å². The summed E-state index contributed by atoms with van der Waals surface area (Å²) < 4.78 is 27.7. The lowest BCUT2D eigenvalue weighted by Gasteiger charge is -1.95. The first-order valence-electron chi connectivity index (χ1n) is 4.77. The van der Waals surface area contributed by atoms with E-state index in [0.29, 0.717) is 12.1 Å². The van der Waals surface area contributed by atoms with Crippen LogP contribution in [0.1, 0.15) is 29.2 Å². The van der Waals surface area contributed by atoms with Crippen molar-refractivity contribution in [2.45, 2.75) is 24.6 Å². The van der Waals surface area contributed by atoms with Crippen LogP contribution in [0.2, 0.25) is 0 Å². The van der Waals surface area contributed by atoms with Crippen molar-refractivity contribution in [2.75, 3.05) is 12.9 Å². The van der Waals surface area contributed by atoms with Gasteiger partial charge in [-0.15, -0.1) is 0 Å². The van der Waals surface area contributed by atoms with Crippen LogP contribution in [0, 0.1) is 0 Å². The van der Waals surface area contributed by atoms with Crippen molar-refractivity contribution in [1.29, 1.82) is 0 Å². The average molecular weight is 263 g/mol. The Morgan fingerprint density at radius 2 is 2.06 bits per heavy atom. The number of aryl methyl sites for hydroxylation is 1. The maximum atomic E-state index is 11.6. The quantitative estimate of drug-likeness (QED) is 0.765. The van der Waals surface area contributed by atoms with E-state index in [4.69, 9.17) is 0 Å². The number of ether oxygens (including phenoxy) is 1. The van der Waals surface area contributed by atoms with E-state index < -0.39 is 15.8 Å². The predicted molar refractivity (Wildman–Crippen MR) is 60.6 cm³/mol. The molecule has 0 aliphatic rings. The molecule has 0 unspecified atom stereocenters. The number of hydrogen-bond donors (Lipinski definition) is 0. The monoisotopic (exact) mass is 263 g/mol. The lowest BCUT2D eigenvalue weighted by Crippen LogP contribution is -2.03. The predicted octanol–water partition coefficient (Wildman–Crippen LogP) is 1.29. The second-order valence-electron chi connectivity index (χ2n) is 3.00. The molecule has 0 saturated heterocycles. The molecule has 1 aromatic rings. The van der Waals surface area contributed by atoms with E-state index in [0.717, 1.165) is 11.3 Å². The zero-order chi connectivity index (χ0) is 12.3. The summed E-state index contributed by atoms with van der Waals surface area (Å²) in [4.78, 5) is 15.6. The van der Waals surface area contributed by atoms with Crippen LogP contribution in [-0.2, 0) is 21.0 Å². The number of carbonyl (C=O) groups excluding carboxylic acids is 1. The van der Waals surface area contributed by atoms with Crippen molar-refractivity contribution in [2.24, 2.45) is 0 Å².